The van der Waals surface area contributed by atoms with Gasteiger partial charge in [-0.25, -0.2) is 5.43 Å². The van der Waals surface area contributed by atoms with Gasteiger partial charge in [-0.1, -0.05) is 30.3 Å². The minimum atomic E-state index is -0.404. The Balaban J connectivity index is 1.41. The van der Waals surface area contributed by atoms with Gasteiger partial charge >= 0.3 is 0 Å². The number of carbonyl (C=O) groups is 2. The van der Waals surface area contributed by atoms with Crippen molar-refractivity contribution < 1.29 is 19.1 Å². The van der Waals surface area contributed by atoms with Crippen LogP contribution < -0.4 is 20.2 Å². The molecule has 0 unspecified atom stereocenters. The van der Waals surface area contributed by atoms with E-state index in [2.05, 4.69) is 15.8 Å². The molecule has 0 spiro atoms. The molecule has 3 rings (SSSR count). The summed E-state index contributed by atoms with van der Waals surface area (Å²) >= 11 is 0. The van der Waals surface area contributed by atoms with Gasteiger partial charge in [0.1, 0.15) is 0 Å². The number of amides is 2. The van der Waals surface area contributed by atoms with Gasteiger partial charge in [0.15, 0.2) is 11.5 Å². The molecule has 1 aliphatic rings. The van der Waals surface area contributed by atoms with E-state index in [-0.39, 0.29) is 25.7 Å². The first-order valence-corrected chi connectivity index (χ1v) is 7.73. The molecule has 128 valence electrons. The number of ether oxygens (including phenoxy) is 2. The molecule has 7 heteroatoms. The molecule has 2 amide bonds. The molecule has 0 saturated carbocycles. The van der Waals surface area contributed by atoms with Crippen molar-refractivity contribution in [3.63, 3.8) is 0 Å². The second-order valence-corrected chi connectivity index (χ2v) is 5.34. The van der Waals surface area contributed by atoms with Gasteiger partial charge < -0.3 is 14.8 Å². The van der Waals surface area contributed by atoms with E-state index < -0.39 is 5.91 Å². The fourth-order valence-electron chi connectivity index (χ4n) is 2.23. The quantitative estimate of drug-likeness (QED) is 0.612. The summed E-state index contributed by atoms with van der Waals surface area (Å²) < 4.78 is 10.5. The molecular weight excluding hydrogens is 322 g/mol. The highest BCUT2D eigenvalue weighted by molar-refractivity contribution is 5.87. The topological polar surface area (TPSA) is 89.0 Å². The first-order valence-electron chi connectivity index (χ1n) is 7.73. The third-order valence-corrected chi connectivity index (χ3v) is 3.45. The number of hydrazone groups is 1. The second kappa shape index (κ2) is 7.96. The molecule has 0 aromatic heterocycles. The Labute approximate surface area is 144 Å². The summed E-state index contributed by atoms with van der Waals surface area (Å²) in [7, 11) is 0. The number of nitrogens with zero attached hydrogens (tertiary/aromatic N) is 1. The van der Waals surface area contributed by atoms with Gasteiger partial charge in [-0.15, -0.1) is 0 Å². The Morgan fingerprint density at radius 2 is 1.84 bits per heavy atom. The Morgan fingerprint density at radius 3 is 2.68 bits per heavy atom. The molecule has 25 heavy (non-hydrogen) atoms. The number of hydrogen-bond donors (Lipinski definition) is 2. The highest BCUT2D eigenvalue weighted by Crippen LogP contribution is 2.31. The van der Waals surface area contributed by atoms with E-state index in [1.54, 1.807) is 18.2 Å². The van der Waals surface area contributed by atoms with Crippen molar-refractivity contribution in [3.05, 3.63) is 59.7 Å². The minimum absolute atomic E-state index is 0.135. The summed E-state index contributed by atoms with van der Waals surface area (Å²) in [6, 6.07) is 14.7. The summed E-state index contributed by atoms with van der Waals surface area (Å²) in [5, 5.41) is 6.41. The van der Waals surface area contributed by atoms with Gasteiger partial charge in [-0.3, -0.25) is 9.59 Å². The van der Waals surface area contributed by atoms with Crippen LogP contribution in [0.25, 0.3) is 0 Å². The molecule has 2 aromatic carbocycles. The van der Waals surface area contributed by atoms with Crippen LogP contribution >= 0.6 is 0 Å². The van der Waals surface area contributed by atoms with Crippen molar-refractivity contribution in [3.8, 4) is 11.5 Å². The number of hydrogen-bond acceptors (Lipinski definition) is 5. The van der Waals surface area contributed by atoms with Gasteiger partial charge in [0.2, 0.25) is 12.7 Å². The van der Waals surface area contributed by atoms with Crippen LogP contribution in [0.1, 0.15) is 11.1 Å². The van der Waals surface area contributed by atoms with Crippen LogP contribution in [0.5, 0.6) is 11.5 Å². The summed E-state index contributed by atoms with van der Waals surface area (Å²) in [4.78, 5) is 23.5. The van der Waals surface area contributed by atoms with E-state index >= 15 is 0 Å². The lowest BCUT2D eigenvalue weighted by atomic mass is 10.1. The van der Waals surface area contributed by atoms with Crippen LogP contribution in [-0.2, 0) is 16.0 Å². The van der Waals surface area contributed by atoms with Gasteiger partial charge in [-0.2, -0.15) is 5.10 Å². The third-order valence-electron chi connectivity index (χ3n) is 3.45. The van der Waals surface area contributed by atoms with Crippen LogP contribution in [-0.4, -0.2) is 31.4 Å². The Hall–Kier alpha value is -3.35. The van der Waals surface area contributed by atoms with E-state index in [4.69, 9.17) is 9.47 Å². The number of nitrogens with one attached hydrogen (secondary N) is 2. The maximum Gasteiger partial charge on any atom is 0.259 e. The van der Waals surface area contributed by atoms with Crippen molar-refractivity contribution in [1.29, 1.82) is 0 Å². The van der Waals surface area contributed by atoms with Crippen molar-refractivity contribution in [2.24, 2.45) is 5.10 Å². The second-order valence-electron chi connectivity index (χ2n) is 5.34. The lowest BCUT2D eigenvalue weighted by molar-refractivity contribution is -0.125. The van der Waals surface area contributed by atoms with E-state index in [1.165, 1.54) is 6.21 Å². The largest absolute Gasteiger partial charge is 0.454 e. The SMILES string of the molecule is O=C(Cc1ccccc1)NCC(=O)N/N=C/c1ccc2c(c1)OCO2. The average Bonchev–Trinajstić information content (AvgIpc) is 3.09. The molecular formula is C18H17N3O4. The van der Waals surface area contributed by atoms with Gasteiger partial charge in [0.25, 0.3) is 5.91 Å². The van der Waals surface area contributed by atoms with E-state index in [0.717, 1.165) is 11.1 Å². The van der Waals surface area contributed by atoms with Crippen LogP contribution in [0.3, 0.4) is 0 Å². The number of benzene rings is 2. The average molecular weight is 339 g/mol. The van der Waals surface area contributed by atoms with Gasteiger partial charge in [-0.05, 0) is 29.3 Å². The normalized spacial score (nSPS) is 12.2. The van der Waals surface area contributed by atoms with Gasteiger partial charge in [0, 0.05) is 0 Å². The lowest BCUT2D eigenvalue weighted by Gasteiger charge is -2.04. The molecule has 2 N–H and O–H groups in total. The highest BCUT2D eigenvalue weighted by atomic mass is 16.7. The predicted molar refractivity (Wildman–Crippen MR) is 91.5 cm³/mol. The fraction of sp³-hybridized carbons (Fsp3) is 0.167. The molecule has 1 heterocycles. The first-order chi connectivity index (χ1) is 12.2. The molecule has 1 aliphatic heterocycles. The fourth-order valence-corrected chi connectivity index (χ4v) is 2.23. The first kappa shape index (κ1) is 16.5. The predicted octanol–water partition coefficient (Wildman–Crippen LogP) is 1.22. The lowest BCUT2D eigenvalue weighted by Crippen LogP contribution is -2.35. The summed E-state index contributed by atoms with van der Waals surface area (Å²) in [6.07, 6.45) is 1.72. The maximum absolute atomic E-state index is 11.8. The zero-order chi connectivity index (χ0) is 17.5. The third kappa shape index (κ3) is 4.81. The smallest absolute Gasteiger partial charge is 0.259 e. The Kier molecular flexibility index (Phi) is 5.26. The number of fused-ring (bicyclic) bond motifs is 1. The van der Waals surface area contributed by atoms with E-state index in [1.807, 2.05) is 30.3 Å². The molecule has 0 fully saturated rings. The molecule has 0 bridgehead atoms. The van der Waals surface area contributed by atoms with Crippen LogP contribution in [0.2, 0.25) is 0 Å². The minimum Gasteiger partial charge on any atom is -0.454 e. The van der Waals surface area contributed by atoms with Crippen molar-refractivity contribution in [2.45, 2.75) is 6.42 Å². The van der Waals surface area contributed by atoms with E-state index in [0.29, 0.717) is 11.5 Å². The zero-order valence-electron chi connectivity index (χ0n) is 13.4. The number of rotatable bonds is 6. The van der Waals surface area contributed by atoms with Crippen LogP contribution in [0, 0.1) is 0 Å². The Bertz CT molecular complexity index is 790. The molecule has 0 aliphatic carbocycles. The summed E-state index contributed by atoms with van der Waals surface area (Å²) in [6.45, 7) is 0.0689. The number of carbonyl (C=O) groups excluding carboxylic acids is 2. The molecule has 7 nitrogen and oxygen atoms in total. The zero-order valence-corrected chi connectivity index (χ0v) is 13.4. The highest BCUT2D eigenvalue weighted by Gasteiger charge is 2.12. The summed E-state index contributed by atoms with van der Waals surface area (Å²) in [5.41, 5.74) is 4.01. The van der Waals surface area contributed by atoms with E-state index in [9.17, 15) is 9.59 Å². The van der Waals surface area contributed by atoms with Gasteiger partial charge in [0.05, 0.1) is 19.2 Å². The Morgan fingerprint density at radius 1 is 1.04 bits per heavy atom. The molecule has 2 aromatic rings. The van der Waals surface area contributed by atoms with Crippen LogP contribution in [0.4, 0.5) is 0 Å². The van der Waals surface area contributed by atoms with Crippen molar-refractivity contribution >= 4 is 18.0 Å². The summed E-state index contributed by atoms with van der Waals surface area (Å²) in [5.74, 6) is 0.699. The molecule has 0 atom stereocenters. The molecule has 0 saturated heterocycles. The maximum atomic E-state index is 11.8. The van der Waals surface area contributed by atoms with Crippen molar-refractivity contribution in [2.75, 3.05) is 13.3 Å². The van der Waals surface area contributed by atoms with Crippen LogP contribution in [0.15, 0.2) is 53.6 Å². The molecule has 0 radical (unpaired) electrons. The standard InChI is InChI=1S/C18H17N3O4/c22-17(9-13-4-2-1-3-5-13)19-11-18(23)21-20-10-14-6-7-15-16(8-14)25-12-24-15/h1-8,10H,9,11-12H2,(H,19,22)(H,21,23)/b20-10+. The monoisotopic (exact) mass is 339 g/mol. The van der Waals surface area contributed by atoms with Crippen molar-refractivity contribution in [1.82, 2.24) is 10.7 Å².